The highest BCUT2D eigenvalue weighted by Crippen LogP contribution is 2.14. The number of nitrogens with zero attached hydrogens (tertiary/aromatic N) is 1. The molecular weight excluding hydrogens is 345 g/mol. The van der Waals surface area contributed by atoms with Gasteiger partial charge in [-0.2, -0.15) is 0 Å². The molecule has 1 aromatic heterocycles. The van der Waals surface area contributed by atoms with Gasteiger partial charge < -0.3 is 20.7 Å². The van der Waals surface area contributed by atoms with E-state index in [-0.39, 0.29) is 29.3 Å². The Morgan fingerprint density at radius 2 is 2.19 bits per heavy atom. The van der Waals surface area contributed by atoms with Gasteiger partial charge in [0.2, 0.25) is 0 Å². The van der Waals surface area contributed by atoms with Crippen LogP contribution in [0.1, 0.15) is 21.7 Å². The third-order valence-corrected chi connectivity index (χ3v) is 3.12. The minimum Gasteiger partial charge on any atom is -0.444 e. The Morgan fingerprint density at radius 3 is 2.76 bits per heavy atom. The average Bonchev–Trinajstić information content (AvgIpc) is 2.91. The molecule has 4 N–H and O–H groups in total. The summed E-state index contributed by atoms with van der Waals surface area (Å²) < 4.78 is 19.3. The van der Waals surface area contributed by atoms with Crippen LogP contribution in [0, 0.1) is 5.82 Å². The fourth-order valence-electron chi connectivity index (χ4n) is 1.61. The second-order valence-electron chi connectivity index (χ2n) is 4.08. The number of nitrogens with one attached hydrogen (secondary N) is 1. The Kier molecular flexibility index (Phi) is 4.59. The molecule has 110 valence electrons. The Hall–Kier alpha value is -2.35. The van der Waals surface area contributed by atoms with E-state index in [1.54, 1.807) is 6.07 Å². The number of halogens is 2. The number of benzene rings is 1. The summed E-state index contributed by atoms with van der Waals surface area (Å²) >= 11 is 3.09. The third kappa shape index (κ3) is 3.60. The van der Waals surface area contributed by atoms with Crippen molar-refractivity contribution in [2.45, 2.75) is 6.54 Å². The summed E-state index contributed by atoms with van der Waals surface area (Å²) in [7, 11) is 0. The van der Waals surface area contributed by atoms with Gasteiger partial charge in [0, 0.05) is 17.7 Å². The Bertz CT molecular complexity index is 700. The van der Waals surface area contributed by atoms with Crippen LogP contribution in [0.3, 0.4) is 0 Å². The molecule has 1 heterocycles. The van der Waals surface area contributed by atoms with E-state index in [1.165, 1.54) is 18.2 Å². The fraction of sp³-hybridized carbons (Fsp3) is 0.0769. The Labute approximate surface area is 127 Å². The van der Waals surface area contributed by atoms with Crippen LogP contribution in [-0.4, -0.2) is 17.0 Å². The SMILES string of the molecule is NC(=NO)c1ccc(CNC(=O)c2ccc(Br)o2)c(F)c1. The number of hydrogen-bond donors (Lipinski definition) is 3. The minimum absolute atomic E-state index is 0.0144. The van der Waals surface area contributed by atoms with Gasteiger partial charge in [-0.25, -0.2) is 4.39 Å². The van der Waals surface area contributed by atoms with Crippen LogP contribution >= 0.6 is 15.9 Å². The number of amides is 1. The van der Waals surface area contributed by atoms with E-state index in [0.29, 0.717) is 4.67 Å². The number of hydrogen-bond acceptors (Lipinski definition) is 4. The van der Waals surface area contributed by atoms with Crippen LogP contribution in [0.4, 0.5) is 4.39 Å². The summed E-state index contributed by atoms with van der Waals surface area (Å²) in [6.45, 7) is -0.0144. The lowest BCUT2D eigenvalue weighted by Gasteiger charge is -2.06. The van der Waals surface area contributed by atoms with Gasteiger partial charge in [-0.15, -0.1) is 0 Å². The lowest BCUT2D eigenvalue weighted by atomic mass is 10.1. The van der Waals surface area contributed by atoms with Crippen LogP contribution < -0.4 is 11.1 Å². The van der Waals surface area contributed by atoms with Crippen molar-refractivity contribution in [2.24, 2.45) is 10.9 Å². The van der Waals surface area contributed by atoms with E-state index >= 15 is 0 Å². The van der Waals surface area contributed by atoms with E-state index in [0.717, 1.165) is 6.07 Å². The van der Waals surface area contributed by atoms with Crippen molar-refractivity contribution in [2.75, 3.05) is 0 Å². The molecule has 21 heavy (non-hydrogen) atoms. The van der Waals surface area contributed by atoms with Crippen LogP contribution in [0.5, 0.6) is 0 Å². The molecule has 2 aromatic rings. The van der Waals surface area contributed by atoms with E-state index in [4.69, 9.17) is 15.4 Å². The predicted molar refractivity (Wildman–Crippen MR) is 76.5 cm³/mol. The largest absolute Gasteiger partial charge is 0.444 e. The minimum atomic E-state index is -0.569. The molecule has 0 unspecified atom stereocenters. The van der Waals surface area contributed by atoms with E-state index in [2.05, 4.69) is 26.4 Å². The van der Waals surface area contributed by atoms with Crippen LogP contribution in [-0.2, 0) is 6.54 Å². The zero-order chi connectivity index (χ0) is 15.4. The van der Waals surface area contributed by atoms with Gasteiger partial charge in [-0.3, -0.25) is 4.79 Å². The fourth-order valence-corrected chi connectivity index (χ4v) is 1.91. The number of amidine groups is 1. The van der Waals surface area contributed by atoms with Gasteiger partial charge in [0.15, 0.2) is 16.3 Å². The third-order valence-electron chi connectivity index (χ3n) is 2.69. The smallest absolute Gasteiger partial charge is 0.287 e. The molecule has 0 saturated carbocycles. The first-order chi connectivity index (χ1) is 10.0. The molecule has 1 amide bonds. The molecule has 0 fully saturated rings. The van der Waals surface area contributed by atoms with Gasteiger partial charge in [0.25, 0.3) is 5.91 Å². The van der Waals surface area contributed by atoms with Gasteiger partial charge in [0.05, 0.1) is 0 Å². The maximum absolute atomic E-state index is 13.8. The highest BCUT2D eigenvalue weighted by atomic mass is 79.9. The number of rotatable bonds is 4. The van der Waals surface area contributed by atoms with E-state index < -0.39 is 11.7 Å². The van der Waals surface area contributed by atoms with Gasteiger partial charge >= 0.3 is 0 Å². The number of carbonyl (C=O) groups is 1. The van der Waals surface area contributed by atoms with Crippen LogP contribution in [0.2, 0.25) is 0 Å². The molecule has 0 atom stereocenters. The first-order valence-electron chi connectivity index (χ1n) is 5.81. The van der Waals surface area contributed by atoms with Gasteiger partial charge in [-0.05, 0) is 34.1 Å². The van der Waals surface area contributed by atoms with E-state index in [9.17, 15) is 9.18 Å². The number of nitrogens with two attached hydrogens (primary N) is 1. The summed E-state index contributed by atoms with van der Waals surface area (Å²) in [5.41, 5.74) is 5.88. The molecule has 0 saturated heterocycles. The molecule has 8 heteroatoms. The van der Waals surface area contributed by atoms with Crippen LogP contribution in [0.25, 0.3) is 0 Å². The molecule has 0 bridgehead atoms. The normalized spacial score (nSPS) is 11.4. The van der Waals surface area contributed by atoms with Crippen molar-refractivity contribution >= 4 is 27.7 Å². The van der Waals surface area contributed by atoms with Crippen LogP contribution in [0.15, 0.2) is 44.6 Å². The van der Waals surface area contributed by atoms with Crippen molar-refractivity contribution < 1.29 is 18.8 Å². The molecule has 0 aliphatic rings. The highest BCUT2D eigenvalue weighted by Gasteiger charge is 2.12. The lowest BCUT2D eigenvalue weighted by Crippen LogP contribution is -2.23. The molecule has 2 rings (SSSR count). The molecule has 0 radical (unpaired) electrons. The standard InChI is InChI=1S/C13H11BrFN3O3/c14-11-4-3-10(21-11)13(19)17-6-8-2-1-7(5-9(8)15)12(16)18-20/h1-5,20H,6H2,(H2,16,18)(H,17,19). The maximum Gasteiger partial charge on any atom is 0.287 e. The summed E-state index contributed by atoms with van der Waals surface area (Å²) in [4.78, 5) is 11.7. The molecule has 0 aliphatic carbocycles. The molecule has 6 nitrogen and oxygen atoms in total. The first kappa shape index (κ1) is 15.0. The van der Waals surface area contributed by atoms with Gasteiger partial charge in [0.1, 0.15) is 5.82 Å². The van der Waals surface area contributed by atoms with Crippen molar-refractivity contribution in [3.8, 4) is 0 Å². The summed E-state index contributed by atoms with van der Waals surface area (Å²) in [5.74, 6) is -1.10. The number of furan rings is 1. The highest BCUT2D eigenvalue weighted by molar-refractivity contribution is 9.10. The molecule has 0 spiro atoms. The second kappa shape index (κ2) is 6.40. The molecular formula is C13H11BrFN3O3. The average molecular weight is 356 g/mol. The van der Waals surface area contributed by atoms with Crippen molar-refractivity contribution in [3.63, 3.8) is 0 Å². The quantitative estimate of drug-likeness (QED) is 0.338. The lowest BCUT2D eigenvalue weighted by molar-refractivity contribution is 0.0921. The number of oxime groups is 1. The zero-order valence-electron chi connectivity index (χ0n) is 10.6. The summed E-state index contributed by atoms with van der Waals surface area (Å²) in [6.07, 6.45) is 0. The van der Waals surface area contributed by atoms with Crippen molar-refractivity contribution in [1.29, 1.82) is 0 Å². The van der Waals surface area contributed by atoms with E-state index in [1.807, 2.05) is 0 Å². The van der Waals surface area contributed by atoms with Crippen molar-refractivity contribution in [3.05, 3.63) is 57.7 Å². The first-order valence-corrected chi connectivity index (χ1v) is 6.60. The summed E-state index contributed by atoms with van der Waals surface area (Å²) in [5, 5.41) is 13.8. The van der Waals surface area contributed by atoms with Gasteiger partial charge in [-0.1, -0.05) is 17.3 Å². The molecule has 0 aliphatic heterocycles. The maximum atomic E-state index is 13.8. The molecule has 1 aromatic carbocycles. The predicted octanol–water partition coefficient (Wildman–Crippen LogP) is 2.21. The zero-order valence-corrected chi connectivity index (χ0v) is 12.2. The number of carbonyl (C=O) groups excluding carboxylic acids is 1. The Morgan fingerprint density at radius 1 is 1.43 bits per heavy atom. The Balaban J connectivity index is 2.05. The monoisotopic (exact) mass is 355 g/mol. The topological polar surface area (TPSA) is 101 Å². The summed E-state index contributed by atoms with van der Waals surface area (Å²) in [6, 6.07) is 7.14. The van der Waals surface area contributed by atoms with Crippen molar-refractivity contribution in [1.82, 2.24) is 5.32 Å². The second-order valence-corrected chi connectivity index (χ2v) is 4.86.